The normalized spacial score (nSPS) is 16.8. The first kappa shape index (κ1) is 17.3. The van der Waals surface area contributed by atoms with Crippen LogP contribution in [0.5, 0.6) is 0 Å². The molecule has 0 aliphatic carbocycles. The predicted molar refractivity (Wildman–Crippen MR) is 98.2 cm³/mol. The van der Waals surface area contributed by atoms with E-state index in [9.17, 15) is 14.0 Å². The molecule has 1 aliphatic rings. The fourth-order valence-electron chi connectivity index (χ4n) is 2.66. The second-order valence-electron chi connectivity index (χ2n) is 5.51. The number of nitrogens with one attached hydrogen (secondary N) is 2. The summed E-state index contributed by atoms with van der Waals surface area (Å²) >= 11 is 1.50. The quantitative estimate of drug-likeness (QED) is 0.874. The average molecular weight is 359 g/mol. The van der Waals surface area contributed by atoms with Crippen molar-refractivity contribution in [2.75, 3.05) is 22.5 Å². The highest BCUT2D eigenvalue weighted by Gasteiger charge is 2.34. The van der Waals surface area contributed by atoms with E-state index in [0.29, 0.717) is 23.7 Å². The molecule has 2 N–H and O–H groups in total. The molecule has 1 fully saturated rings. The zero-order valence-corrected chi connectivity index (χ0v) is 14.5. The van der Waals surface area contributed by atoms with Crippen LogP contribution in [0.3, 0.4) is 0 Å². The SMILES string of the molecule is CCNC(=O)Nc1cccc([C@H]2SCC(=O)N2c2ccc(F)cc2)c1. The highest BCUT2D eigenvalue weighted by atomic mass is 32.2. The second-order valence-corrected chi connectivity index (χ2v) is 6.58. The number of amides is 3. The molecule has 0 radical (unpaired) electrons. The zero-order chi connectivity index (χ0) is 17.8. The van der Waals surface area contributed by atoms with Crippen LogP contribution in [0.1, 0.15) is 17.9 Å². The Hall–Kier alpha value is -2.54. The molecule has 2 aromatic carbocycles. The third kappa shape index (κ3) is 3.93. The Morgan fingerprint density at radius 3 is 2.76 bits per heavy atom. The number of halogens is 1. The fraction of sp³-hybridized carbons (Fsp3) is 0.222. The first-order valence-corrected chi connectivity index (χ1v) is 8.97. The van der Waals surface area contributed by atoms with Gasteiger partial charge in [0, 0.05) is 17.9 Å². The van der Waals surface area contributed by atoms with Crippen LogP contribution in [-0.4, -0.2) is 24.2 Å². The maximum Gasteiger partial charge on any atom is 0.319 e. The van der Waals surface area contributed by atoms with Crippen molar-refractivity contribution < 1.29 is 14.0 Å². The van der Waals surface area contributed by atoms with Gasteiger partial charge in [0.05, 0.1) is 5.75 Å². The third-order valence-electron chi connectivity index (χ3n) is 3.74. The largest absolute Gasteiger partial charge is 0.338 e. The number of nitrogens with zero attached hydrogens (tertiary/aromatic N) is 1. The van der Waals surface area contributed by atoms with Crippen LogP contribution in [0.25, 0.3) is 0 Å². The molecule has 1 atom stereocenters. The molecule has 0 spiro atoms. The van der Waals surface area contributed by atoms with Crippen molar-refractivity contribution >= 4 is 35.1 Å². The lowest BCUT2D eigenvalue weighted by Gasteiger charge is -2.24. The van der Waals surface area contributed by atoms with E-state index in [0.717, 1.165) is 5.56 Å². The van der Waals surface area contributed by atoms with E-state index in [1.807, 2.05) is 25.1 Å². The summed E-state index contributed by atoms with van der Waals surface area (Å²) < 4.78 is 13.2. The number of carbonyl (C=O) groups is 2. The number of carbonyl (C=O) groups excluding carboxylic acids is 2. The van der Waals surface area contributed by atoms with E-state index in [1.165, 1.54) is 23.9 Å². The van der Waals surface area contributed by atoms with Gasteiger partial charge in [-0.3, -0.25) is 9.69 Å². The summed E-state index contributed by atoms with van der Waals surface area (Å²) in [6, 6.07) is 13.0. The van der Waals surface area contributed by atoms with Crippen LogP contribution in [0.2, 0.25) is 0 Å². The summed E-state index contributed by atoms with van der Waals surface area (Å²) in [5.41, 5.74) is 2.21. The van der Waals surface area contributed by atoms with Crippen LogP contribution < -0.4 is 15.5 Å². The molecule has 0 aromatic heterocycles. The molecule has 25 heavy (non-hydrogen) atoms. The van der Waals surface area contributed by atoms with Crippen molar-refractivity contribution in [2.45, 2.75) is 12.3 Å². The molecule has 130 valence electrons. The summed E-state index contributed by atoms with van der Waals surface area (Å²) in [7, 11) is 0. The lowest BCUT2D eigenvalue weighted by Crippen LogP contribution is -2.29. The Bertz CT molecular complexity index is 782. The molecule has 1 saturated heterocycles. The van der Waals surface area contributed by atoms with Gasteiger partial charge >= 0.3 is 6.03 Å². The summed E-state index contributed by atoms with van der Waals surface area (Å²) in [6.07, 6.45) is 0. The number of benzene rings is 2. The lowest BCUT2D eigenvalue weighted by atomic mass is 10.1. The topological polar surface area (TPSA) is 61.4 Å². The highest BCUT2D eigenvalue weighted by Crippen LogP contribution is 2.42. The van der Waals surface area contributed by atoms with Gasteiger partial charge in [0.25, 0.3) is 0 Å². The molecule has 3 rings (SSSR count). The van der Waals surface area contributed by atoms with E-state index in [1.54, 1.807) is 23.1 Å². The van der Waals surface area contributed by atoms with E-state index in [2.05, 4.69) is 10.6 Å². The molecule has 1 aliphatic heterocycles. The Morgan fingerprint density at radius 1 is 1.28 bits per heavy atom. The minimum absolute atomic E-state index is 0.0244. The molecule has 3 amide bonds. The molecule has 0 unspecified atom stereocenters. The van der Waals surface area contributed by atoms with Gasteiger partial charge in [-0.25, -0.2) is 9.18 Å². The monoisotopic (exact) mass is 359 g/mol. The lowest BCUT2D eigenvalue weighted by molar-refractivity contribution is -0.115. The van der Waals surface area contributed by atoms with Gasteiger partial charge < -0.3 is 10.6 Å². The molecule has 7 heteroatoms. The van der Waals surface area contributed by atoms with Crippen molar-refractivity contribution in [3.05, 3.63) is 59.9 Å². The smallest absolute Gasteiger partial charge is 0.319 e. The maximum atomic E-state index is 13.2. The minimum atomic E-state index is -0.340. The van der Waals surface area contributed by atoms with Crippen LogP contribution in [0.15, 0.2) is 48.5 Å². The van der Waals surface area contributed by atoms with Crippen LogP contribution in [-0.2, 0) is 4.79 Å². The highest BCUT2D eigenvalue weighted by molar-refractivity contribution is 8.00. The van der Waals surface area contributed by atoms with E-state index in [-0.39, 0.29) is 23.1 Å². The minimum Gasteiger partial charge on any atom is -0.338 e. The number of thioether (sulfide) groups is 1. The number of hydrogen-bond donors (Lipinski definition) is 2. The summed E-state index contributed by atoms with van der Waals surface area (Å²) in [6.45, 7) is 2.38. The van der Waals surface area contributed by atoms with Gasteiger partial charge in [-0.05, 0) is 48.9 Å². The molecular weight excluding hydrogens is 341 g/mol. The average Bonchev–Trinajstić information content (AvgIpc) is 2.98. The van der Waals surface area contributed by atoms with Crippen LogP contribution >= 0.6 is 11.8 Å². The van der Waals surface area contributed by atoms with E-state index in [4.69, 9.17) is 0 Å². The second kappa shape index (κ2) is 7.57. The van der Waals surface area contributed by atoms with Gasteiger partial charge in [-0.1, -0.05) is 12.1 Å². The Balaban J connectivity index is 1.85. The number of anilines is 2. The van der Waals surface area contributed by atoms with Gasteiger partial charge in [-0.2, -0.15) is 0 Å². The number of rotatable bonds is 4. The van der Waals surface area contributed by atoms with E-state index >= 15 is 0 Å². The van der Waals surface area contributed by atoms with Crippen molar-refractivity contribution in [3.8, 4) is 0 Å². The maximum absolute atomic E-state index is 13.2. The summed E-state index contributed by atoms with van der Waals surface area (Å²) in [5, 5.41) is 5.23. The zero-order valence-electron chi connectivity index (χ0n) is 13.7. The molecule has 0 bridgehead atoms. The first-order valence-electron chi connectivity index (χ1n) is 7.92. The molecular formula is C18H18FN3O2S. The third-order valence-corrected chi connectivity index (χ3v) is 4.95. The van der Waals surface area contributed by atoms with Crippen molar-refractivity contribution in [3.63, 3.8) is 0 Å². The first-order chi connectivity index (χ1) is 12.1. The van der Waals surface area contributed by atoms with Crippen LogP contribution in [0.4, 0.5) is 20.6 Å². The fourth-order valence-corrected chi connectivity index (χ4v) is 3.82. The molecule has 2 aromatic rings. The van der Waals surface area contributed by atoms with Gasteiger partial charge in [0.1, 0.15) is 11.2 Å². The summed E-state index contributed by atoms with van der Waals surface area (Å²) in [5.74, 6) is -0.00725. The van der Waals surface area contributed by atoms with Crippen molar-refractivity contribution in [1.82, 2.24) is 5.32 Å². The van der Waals surface area contributed by atoms with Gasteiger partial charge in [0.15, 0.2) is 0 Å². The van der Waals surface area contributed by atoms with E-state index < -0.39 is 0 Å². The molecule has 5 nitrogen and oxygen atoms in total. The number of hydrogen-bond acceptors (Lipinski definition) is 3. The predicted octanol–water partition coefficient (Wildman–Crippen LogP) is 3.75. The van der Waals surface area contributed by atoms with Crippen molar-refractivity contribution in [1.29, 1.82) is 0 Å². The van der Waals surface area contributed by atoms with Crippen molar-refractivity contribution in [2.24, 2.45) is 0 Å². The Labute approximate surface area is 149 Å². The Morgan fingerprint density at radius 2 is 2.04 bits per heavy atom. The molecule has 0 saturated carbocycles. The van der Waals surface area contributed by atoms with Gasteiger partial charge in [-0.15, -0.1) is 11.8 Å². The van der Waals surface area contributed by atoms with Gasteiger partial charge in [0.2, 0.25) is 5.91 Å². The Kier molecular flexibility index (Phi) is 5.23. The summed E-state index contributed by atoms with van der Waals surface area (Å²) in [4.78, 5) is 25.7. The number of urea groups is 1. The molecule has 1 heterocycles. The van der Waals surface area contributed by atoms with Crippen LogP contribution in [0, 0.1) is 5.82 Å². The standard InChI is InChI=1S/C18H18FN3O2S/c1-2-20-18(24)21-14-5-3-4-12(10-14)17-22(16(23)11-25-17)15-8-6-13(19)7-9-15/h3-10,17H,2,11H2,1H3,(H2,20,21,24)/t17-/m1/s1.